The summed E-state index contributed by atoms with van der Waals surface area (Å²) in [5.74, 6) is 0.220. The third-order valence-electron chi connectivity index (χ3n) is 10.4. The molecule has 248 valence electrons. The number of nitro benzene ring substituents is 1. The minimum atomic E-state index is -0.410. The van der Waals surface area contributed by atoms with Gasteiger partial charge in [0.05, 0.1) is 4.92 Å². The van der Waals surface area contributed by atoms with E-state index in [1.807, 2.05) is 12.1 Å². The lowest BCUT2D eigenvalue weighted by Gasteiger charge is -2.32. The topological polar surface area (TPSA) is 78.7 Å². The van der Waals surface area contributed by atoms with Crippen LogP contribution in [0, 0.1) is 16.0 Å². The zero-order chi connectivity index (χ0) is 30.8. The van der Waals surface area contributed by atoms with Crippen LogP contribution < -0.4 is 10.2 Å². The van der Waals surface area contributed by atoms with Crippen LogP contribution >= 0.6 is 0 Å². The van der Waals surface area contributed by atoms with E-state index in [-0.39, 0.29) is 17.2 Å². The quantitative estimate of drug-likeness (QED) is 0.265. The minimum absolute atomic E-state index is 0.0905. The molecule has 2 bridgehead atoms. The maximum atomic E-state index is 13.1. The first-order valence-electron chi connectivity index (χ1n) is 18.7. The van der Waals surface area contributed by atoms with Gasteiger partial charge in [0.25, 0.3) is 11.6 Å². The average Bonchev–Trinajstić information content (AvgIpc) is 3.87. The predicted molar refractivity (Wildman–Crippen MR) is 183 cm³/mol. The van der Waals surface area contributed by atoms with Crippen molar-refractivity contribution in [2.24, 2.45) is 5.92 Å². The molecule has 2 aliphatic heterocycles. The summed E-state index contributed by atoms with van der Waals surface area (Å²) in [4.78, 5) is 29.7. The van der Waals surface area contributed by atoms with Crippen LogP contribution in [0.1, 0.15) is 158 Å². The Balaban J connectivity index is 1.38. The van der Waals surface area contributed by atoms with Crippen molar-refractivity contribution in [3.8, 4) is 0 Å². The van der Waals surface area contributed by atoms with Gasteiger partial charge in [0, 0.05) is 44.0 Å². The fraction of sp³-hybridized carbons (Fsp3) is 0.811. The Bertz CT molecular complexity index is 981. The number of benzene rings is 1. The molecule has 7 heteroatoms. The van der Waals surface area contributed by atoms with E-state index in [0.717, 1.165) is 57.5 Å². The molecule has 2 heterocycles. The van der Waals surface area contributed by atoms with Crippen molar-refractivity contribution in [1.29, 1.82) is 0 Å². The molecule has 3 aliphatic rings. The van der Waals surface area contributed by atoms with Gasteiger partial charge in [0.1, 0.15) is 5.56 Å². The summed E-state index contributed by atoms with van der Waals surface area (Å²) < 4.78 is 0. The first kappa shape index (κ1) is 34.7. The molecule has 1 aromatic carbocycles. The molecule has 3 fully saturated rings. The molecule has 7 nitrogen and oxygen atoms in total. The lowest BCUT2D eigenvalue weighted by molar-refractivity contribution is -0.385. The molecular weight excluding hydrogens is 548 g/mol. The number of hydrogen-bond acceptors (Lipinski definition) is 5. The summed E-state index contributed by atoms with van der Waals surface area (Å²) in [6.45, 7) is 4.81. The van der Waals surface area contributed by atoms with E-state index in [0.29, 0.717) is 18.5 Å². The smallest absolute Gasteiger partial charge is 0.282 e. The number of fused-ring (bicyclic) bond motifs is 3. The zero-order valence-corrected chi connectivity index (χ0v) is 27.8. The number of nitro groups is 1. The van der Waals surface area contributed by atoms with Crippen LogP contribution in [0.4, 0.5) is 11.4 Å². The van der Waals surface area contributed by atoms with E-state index in [1.54, 1.807) is 6.07 Å². The lowest BCUT2D eigenvalue weighted by Crippen LogP contribution is -2.37. The van der Waals surface area contributed by atoms with Gasteiger partial charge in [-0.05, 0) is 56.7 Å². The second-order valence-electron chi connectivity index (χ2n) is 14.1. The molecule has 4 rings (SSSR count). The molecular formula is C37H62N4O3. The highest BCUT2D eigenvalue weighted by Crippen LogP contribution is 2.31. The lowest BCUT2D eigenvalue weighted by atomic mass is 10.0. The first-order valence-corrected chi connectivity index (χ1v) is 18.7. The van der Waals surface area contributed by atoms with Gasteiger partial charge in [-0.15, -0.1) is 0 Å². The SMILES string of the molecule is O=C(NCC1CC1)c1cc(N2CCN3CCCCCCCCCCCCCCCCCCCCCC2CC3)ccc1[N+](=O)[O-]. The molecule has 2 saturated heterocycles. The van der Waals surface area contributed by atoms with Crippen LogP contribution in [0.15, 0.2) is 18.2 Å². The molecule has 0 spiro atoms. The van der Waals surface area contributed by atoms with Crippen LogP contribution in [0.5, 0.6) is 0 Å². The maximum Gasteiger partial charge on any atom is 0.282 e. The number of nitrogens with one attached hydrogen (secondary N) is 1. The Morgan fingerprint density at radius 2 is 1.23 bits per heavy atom. The predicted octanol–water partition coefficient (Wildman–Crippen LogP) is 9.43. The third kappa shape index (κ3) is 12.7. The first-order chi connectivity index (χ1) is 21.6. The monoisotopic (exact) mass is 610 g/mol. The number of rotatable bonds is 5. The zero-order valence-electron chi connectivity index (χ0n) is 27.8. The van der Waals surface area contributed by atoms with Crippen LogP contribution in [0.2, 0.25) is 0 Å². The van der Waals surface area contributed by atoms with Crippen LogP contribution in [0.25, 0.3) is 0 Å². The number of anilines is 1. The highest BCUT2D eigenvalue weighted by atomic mass is 16.6. The largest absolute Gasteiger partial charge is 0.367 e. The third-order valence-corrected chi connectivity index (χ3v) is 10.4. The fourth-order valence-electron chi connectivity index (χ4n) is 7.31. The molecule has 1 aliphatic carbocycles. The highest BCUT2D eigenvalue weighted by Gasteiger charge is 2.28. The molecule has 0 aromatic heterocycles. The van der Waals surface area contributed by atoms with Crippen LogP contribution in [-0.2, 0) is 0 Å². The number of amides is 1. The molecule has 44 heavy (non-hydrogen) atoms. The Hall–Kier alpha value is -2.15. The van der Waals surface area contributed by atoms with Crippen molar-refractivity contribution < 1.29 is 9.72 Å². The van der Waals surface area contributed by atoms with Gasteiger partial charge in [-0.3, -0.25) is 14.9 Å². The fourth-order valence-corrected chi connectivity index (χ4v) is 7.31. The number of carbonyl (C=O) groups is 1. The summed E-state index contributed by atoms with van der Waals surface area (Å²) in [7, 11) is 0. The molecule has 1 aromatic rings. The van der Waals surface area contributed by atoms with Crippen molar-refractivity contribution in [1.82, 2.24) is 10.2 Å². The molecule has 0 radical (unpaired) electrons. The molecule has 2 unspecified atom stereocenters. The van der Waals surface area contributed by atoms with Gasteiger partial charge in [-0.1, -0.05) is 116 Å². The van der Waals surface area contributed by atoms with Gasteiger partial charge in [0.15, 0.2) is 0 Å². The molecule has 1 N–H and O–H groups in total. The van der Waals surface area contributed by atoms with Crippen LogP contribution in [0.3, 0.4) is 0 Å². The van der Waals surface area contributed by atoms with Crippen molar-refractivity contribution >= 4 is 17.3 Å². The summed E-state index contributed by atoms with van der Waals surface area (Å²) >= 11 is 0. The van der Waals surface area contributed by atoms with E-state index in [1.165, 1.54) is 122 Å². The van der Waals surface area contributed by atoms with E-state index >= 15 is 0 Å². The number of carbonyl (C=O) groups excluding carboxylic acids is 1. The Labute approximate surface area is 268 Å². The standard InChI is InChI=1S/C37H62N4O3/c42-37(38-31-32-21-22-32)35-30-34(23-24-36(35)41(43)44)40-29-28-39-26-19-17-15-13-11-9-7-5-3-1-2-4-6-8-10-12-14-16-18-20-33(40)25-27-39/h23-24,30,32-33H,1-22,25-29,31H2,(H,38,42). The number of nitrogens with zero attached hydrogens (tertiary/aromatic N) is 3. The van der Waals surface area contributed by atoms with Crippen LogP contribution in [-0.4, -0.2) is 54.5 Å². The molecule has 2 atom stereocenters. The maximum absolute atomic E-state index is 13.1. The van der Waals surface area contributed by atoms with Gasteiger partial charge >= 0.3 is 0 Å². The summed E-state index contributed by atoms with van der Waals surface area (Å²) in [6, 6.07) is 5.65. The van der Waals surface area contributed by atoms with Gasteiger partial charge in [-0.25, -0.2) is 0 Å². The number of hydrogen-bond donors (Lipinski definition) is 1. The van der Waals surface area contributed by atoms with Gasteiger partial charge in [0.2, 0.25) is 0 Å². The molecule has 1 amide bonds. The second-order valence-corrected chi connectivity index (χ2v) is 14.1. The Morgan fingerprint density at radius 3 is 1.77 bits per heavy atom. The molecule has 1 saturated carbocycles. The van der Waals surface area contributed by atoms with Crippen molar-refractivity contribution in [3.63, 3.8) is 0 Å². The van der Waals surface area contributed by atoms with E-state index in [2.05, 4.69) is 15.1 Å². The average molecular weight is 611 g/mol. The van der Waals surface area contributed by atoms with Crippen molar-refractivity contribution in [2.75, 3.05) is 37.6 Å². The van der Waals surface area contributed by atoms with Gasteiger partial charge in [-0.2, -0.15) is 0 Å². The van der Waals surface area contributed by atoms with Gasteiger partial charge < -0.3 is 15.1 Å². The summed E-state index contributed by atoms with van der Waals surface area (Å²) in [5, 5.41) is 14.8. The Kier molecular flexibility index (Phi) is 15.8. The second kappa shape index (κ2) is 20.1. The Morgan fingerprint density at radius 1 is 0.682 bits per heavy atom. The minimum Gasteiger partial charge on any atom is -0.367 e. The summed E-state index contributed by atoms with van der Waals surface area (Å²) in [5.41, 5.74) is 1.08. The highest BCUT2D eigenvalue weighted by molar-refractivity contribution is 5.99. The normalized spacial score (nSPS) is 24.9. The van der Waals surface area contributed by atoms with Crippen molar-refractivity contribution in [2.45, 2.75) is 154 Å². The van der Waals surface area contributed by atoms with E-state index < -0.39 is 4.92 Å². The van der Waals surface area contributed by atoms with E-state index in [4.69, 9.17) is 0 Å². The van der Waals surface area contributed by atoms with Crippen molar-refractivity contribution in [3.05, 3.63) is 33.9 Å². The summed E-state index contributed by atoms with van der Waals surface area (Å²) in [6.07, 6.45) is 30.6. The van der Waals surface area contributed by atoms with E-state index in [9.17, 15) is 14.9 Å².